The fourth-order valence-electron chi connectivity index (χ4n) is 1.71. The third-order valence-corrected chi connectivity index (χ3v) is 2.86. The van der Waals surface area contributed by atoms with Gasteiger partial charge in [0, 0.05) is 24.3 Å². The molecule has 4 heteroatoms. The fraction of sp³-hybridized carbons (Fsp3) is 0.533. The normalized spacial score (nSPS) is 10.7. The summed E-state index contributed by atoms with van der Waals surface area (Å²) in [5, 5.41) is 12.4. The summed E-state index contributed by atoms with van der Waals surface area (Å²) in [6.45, 7) is 7.09. The lowest BCUT2D eigenvalue weighted by molar-refractivity contribution is 0.0754. The van der Waals surface area contributed by atoms with Crippen molar-refractivity contribution in [1.29, 1.82) is 0 Å². The van der Waals surface area contributed by atoms with Gasteiger partial charge in [0.25, 0.3) is 5.91 Å². The first-order valence-corrected chi connectivity index (χ1v) is 6.70. The number of benzene rings is 1. The lowest BCUT2D eigenvalue weighted by Crippen LogP contribution is -2.25. The van der Waals surface area contributed by atoms with Crippen LogP contribution in [0, 0.1) is 6.92 Å². The molecule has 0 saturated heterocycles. The molecule has 0 bridgehead atoms. The molecule has 0 unspecified atom stereocenters. The van der Waals surface area contributed by atoms with E-state index in [1.165, 1.54) is 0 Å². The molecule has 0 atom stereocenters. The molecule has 0 saturated carbocycles. The molecule has 1 aromatic carbocycles. The summed E-state index contributed by atoms with van der Waals surface area (Å²) in [6, 6.07) is 4.97. The van der Waals surface area contributed by atoms with Crippen molar-refractivity contribution in [1.82, 2.24) is 5.32 Å². The van der Waals surface area contributed by atoms with Gasteiger partial charge in [-0.1, -0.05) is 6.07 Å². The van der Waals surface area contributed by atoms with Gasteiger partial charge in [0.15, 0.2) is 0 Å². The second-order valence-electron chi connectivity index (χ2n) is 4.83. The highest BCUT2D eigenvalue weighted by Gasteiger charge is 2.10. The molecule has 0 aliphatic heterocycles. The monoisotopic (exact) mass is 265 g/mol. The third kappa shape index (κ3) is 5.30. The Hall–Kier alpha value is -1.55. The second-order valence-corrected chi connectivity index (χ2v) is 4.83. The smallest absolute Gasteiger partial charge is 0.251 e. The highest BCUT2D eigenvalue weighted by atomic mass is 16.5. The third-order valence-electron chi connectivity index (χ3n) is 2.86. The van der Waals surface area contributed by atoms with Gasteiger partial charge >= 0.3 is 0 Å². The molecule has 0 heterocycles. The number of rotatable bonds is 7. The Kier molecular flexibility index (Phi) is 6.36. The molecule has 4 nitrogen and oxygen atoms in total. The average Bonchev–Trinajstić information content (AvgIpc) is 2.36. The minimum absolute atomic E-state index is 0.141. The maximum Gasteiger partial charge on any atom is 0.251 e. The van der Waals surface area contributed by atoms with Crippen LogP contribution in [0.2, 0.25) is 0 Å². The quantitative estimate of drug-likeness (QED) is 0.745. The van der Waals surface area contributed by atoms with Crippen LogP contribution in [0.4, 0.5) is 0 Å². The van der Waals surface area contributed by atoms with E-state index in [0.29, 0.717) is 17.7 Å². The summed E-state index contributed by atoms with van der Waals surface area (Å²) >= 11 is 0. The van der Waals surface area contributed by atoms with Crippen LogP contribution in [0.1, 0.15) is 42.6 Å². The van der Waals surface area contributed by atoms with Gasteiger partial charge in [-0.3, -0.25) is 4.79 Å². The number of carbonyl (C=O) groups is 1. The molecule has 19 heavy (non-hydrogen) atoms. The molecule has 1 amide bonds. The lowest BCUT2D eigenvalue weighted by Gasteiger charge is -2.09. The van der Waals surface area contributed by atoms with Gasteiger partial charge in [-0.05, 0) is 45.7 Å². The number of ether oxygens (including phenoxy) is 1. The predicted octanol–water partition coefficient (Wildman–Crippen LogP) is 2.64. The number of amides is 1. The number of unbranched alkanes of at least 4 members (excludes halogenated alkanes) is 1. The molecule has 106 valence electrons. The molecule has 0 aliphatic rings. The van der Waals surface area contributed by atoms with Gasteiger partial charge in [-0.25, -0.2) is 0 Å². The largest absolute Gasteiger partial charge is 0.508 e. The highest BCUT2D eigenvalue weighted by Crippen LogP contribution is 2.19. The Morgan fingerprint density at radius 1 is 1.37 bits per heavy atom. The molecule has 0 aliphatic carbocycles. The van der Waals surface area contributed by atoms with Crippen molar-refractivity contribution in [3.8, 4) is 5.75 Å². The van der Waals surface area contributed by atoms with E-state index in [-0.39, 0.29) is 17.8 Å². The van der Waals surface area contributed by atoms with Crippen molar-refractivity contribution in [3.63, 3.8) is 0 Å². The van der Waals surface area contributed by atoms with E-state index < -0.39 is 0 Å². The van der Waals surface area contributed by atoms with Crippen molar-refractivity contribution in [2.45, 2.75) is 39.7 Å². The zero-order chi connectivity index (χ0) is 14.3. The van der Waals surface area contributed by atoms with Gasteiger partial charge < -0.3 is 15.2 Å². The first kappa shape index (κ1) is 15.5. The van der Waals surface area contributed by atoms with Crippen LogP contribution in [0.15, 0.2) is 18.2 Å². The molecular formula is C15H23NO3. The van der Waals surface area contributed by atoms with Gasteiger partial charge in [-0.15, -0.1) is 0 Å². The summed E-state index contributed by atoms with van der Waals surface area (Å²) in [6.07, 6.45) is 2.07. The number of hydrogen-bond donors (Lipinski definition) is 2. The SMILES string of the molecule is Cc1c(O)cccc1C(=O)NCCCCOC(C)C. The van der Waals surface area contributed by atoms with Crippen molar-refractivity contribution in [3.05, 3.63) is 29.3 Å². The van der Waals surface area contributed by atoms with Gasteiger partial charge in [0.05, 0.1) is 6.10 Å². The Balaban J connectivity index is 2.30. The van der Waals surface area contributed by atoms with E-state index in [2.05, 4.69) is 5.32 Å². The predicted molar refractivity (Wildman–Crippen MR) is 75.5 cm³/mol. The van der Waals surface area contributed by atoms with E-state index in [9.17, 15) is 9.90 Å². The lowest BCUT2D eigenvalue weighted by atomic mass is 10.1. The molecule has 0 radical (unpaired) electrons. The van der Waals surface area contributed by atoms with Crippen molar-refractivity contribution in [2.24, 2.45) is 0 Å². The molecule has 2 N–H and O–H groups in total. The highest BCUT2D eigenvalue weighted by molar-refractivity contribution is 5.96. The first-order valence-electron chi connectivity index (χ1n) is 6.70. The van der Waals surface area contributed by atoms with Crippen molar-refractivity contribution in [2.75, 3.05) is 13.2 Å². The molecule has 1 aromatic rings. The van der Waals surface area contributed by atoms with Crippen LogP contribution < -0.4 is 5.32 Å². The molecule has 0 aromatic heterocycles. The van der Waals surface area contributed by atoms with E-state index in [1.807, 2.05) is 13.8 Å². The van der Waals surface area contributed by atoms with Crippen molar-refractivity contribution >= 4 is 5.91 Å². The molecular weight excluding hydrogens is 242 g/mol. The fourth-order valence-corrected chi connectivity index (χ4v) is 1.71. The van der Waals surface area contributed by atoms with Gasteiger partial charge in [0.1, 0.15) is 5.75 Å². The van der Waals surface area contributed by atoms with Crippen molar-refractivity contribution < 1.29 is 14.6 Å². The minimum Gasteiger partial charge on any atom is -0.508 e. The topological polar surface area (TPSA) is 58.6 Å². The van der Waals surface area contributed by atoms with Crippen LogP contribution in [-0.4, -0.2) is 30.3 Å². The van der Waals surface area contributed by atoms with E-state index in [1.54, 1.807) is 25.1 Å². The zero-order valence-corrected chi connectivity index (χ0v) is 11.9. The summed E-state index contributed by atoms with van der Waals surface area (Å²) in [4.78, 5) is 11.9. The summed E-state index contributed by atoms with van der Waals surface area (Å²) < 4.78 is 5.42. The van der Waals surface area contributed by atoms with Gasteiger partial charge in [0.2, 0.25) is 0 Å². The maximum absolute atomic E-state index is 11.9. The van der Waals surface area contributed by atoms with Crippen LogP contribution in [0.25, 0.3) is 0 Å². The molecule has 1 rings (SSSR count). The first-order chi connectivity index (χ1) is 9.02. The molecule has 0 fully saturated rings. The number of nitrogens with one attached hydrogen (secondary N) is 1. The Morgan fingerprint density at radius 3 is 2.79 bits per heavy atom. The number of phenolic OH excluding ortho intramolecular Hbond substituents is 1. The van der Waals surface area contributed by atoms with Crippen LogP contribution in [-0.2, 0) is 4.74 Å². The Labute approximate surface area is 114 Å². The van der Waals surface area contributed by atoms with Crippen LogP contribution in [0.3, 0.4) is 0 Å². The maximum atomic E-state index is 11.9. The van der Waals surface area contributed by atoms with Crippen LogP contribution in [0.5, 0.6) is 5.75 Å². The molecule has 0 spiro atoms. The number of hydrogen-bond acceptors (Lipinski definition) is 3. The van der Waals surface area contributed by atoms with Gasteiger partial charge in [-0.2, -0.15) is 0 Å². The van der Waals surface area contributed by atoms with E-state index >= 15 is 0 Å². The Bertz CT molecular complexity index is 416. The van der Waals surface area contributed by atoms with E-state index in [0.717, 1.165) is 19.4 Å². The Morgan fingerprint density at radius 2 is 2.11 bits per heavy atom. The standard InChI is InChI=1S/C15H23NO3/c1-11(2)19-10-5-4-9-16-15(18)13-7-6-8-14(17)12(13)3/h6-8,11,17H,4-5,9-10H2,1-3H3,(H,16,18). The number of aromatic hydroxyl groups is 1. The van der Waals surface area contributed by atoms with Crippen LogP contribution >= 0.6 is 0 Å². The summed E-state index contributed by atoms with van der Waals surface area (Å²) in [7, 11) is 0. The van der Waals surface area contributed by atoms with E-state index in [4.69, 9.17) is 4.74 Å². The minimum atomic E-state index is -0.141. The number of carbonyl (C=O) groups excluding carboxylic acids is 1. The summed E-state index contributed by atoms with van der Waals surface area (Å²) in [5.74, 6) is 0.0103. The average molecular weight is 265 g/mol. The summed E-state index contributed by atoms with van der Waals surface area (Å²) in [5.41, 5.74) is 1.14. The number of phenols is 1. The zero-order valence-electron chi connectivity index (χ0n) is 11.9. The second kappa shape index (κ2) is 7.79.